The van der Waals surface area contributed by atoms with Gasteiger partial charge >= 0.3 is 0 Å². The molecule has 1 heterocycles. The van der Waals surface area contributed by atoms with Crippen LogP contribution in [0.5, 0.6) is 17.2 Å². The van der Waals surface area contributed by atoms with Crippen molar-refractivity contribution in [2.24, 2.45) is 5.73 Å². The number of hydrogen-bond donors (Lipinski definition) is 3. The molecule has 0 spiro atoms. The van der Waals surface area contributed by atoms with Gasteiger partial charge in [0, 0.05) is 30.5 Å². The third-order valence-electron chi connectivity index (χ3n) is 4.68. The van der Waals surface area contributed by atoms with E-state index in [0.29, 0.717) is 11.1 Å². The lowest BCUT2D eigenvalue weighted by atomic mass is 9.90. The van der Waals surface area contributed by atoms with Crippen LogP contribution in [0.4, 0.5) is 17.6 Å². The Morgan fingerprint density at radius 1 is 1.11 bits per heavy atom. The van der Waals surface area contributed by atoms with E-state index in [1.54, 1.807) is 0 Å². The van der Waals surface area contributed by atoms with Crippen molar-refractivity contribution >= 4 is 0 Å². The van der Waals surface area contributed by atoms with Crippen molar-refractivity contribution in [3.8, 4) is 17.2 Å². The van der Waals surface area contributed by atoms with Gasteiger partial charge in [0.2, 0.25) is 11.6 Å². The van der Waals surface area contributed by atoms with Gasteiger partial charge in [0.05, 0.1) is 18.8 Å². The largest absolute Gasteiger partial charge is 0.504 e. The van der Waals surface area contributed by atoms with Crippen molar-refractivity contribution < 1.29 is 37.2 Å². The monoisotopic (exact) mass is 401 g/mol. The quantitative estimate of drug-likeness (QED) is 0.407. The molecular weight excluding hydrogens is 382 g/mol. The molecule has 2 aromatic rings. The van der Waals surface area contributed by atoms with Gasteiger partial charge in [-0.05, 0) is 18.6 Å². The summed E-state index contributed by atoms with van der Waals surface area (Å²) in [6.45, 7) is 1.24. The molecule has 0 aliphatic carbocycles. The van der Waals surface area contributed by atoms with Gasteiger partial charge in [-0.3, -0.25) is 0 Å². The third kappa shape index (κ3) is 3.35. The lowest BCUT2D eigenvalue weighted by Crippen LogP contribution is -2.32. The average Bonchev–Trinajstić information content (AvgIpc) is 2.69. The molecule has 3 rings (SSSR count). The second kappa shape index (κ2) is 7.84. The predicted molar refractivity (Wildman–Crippen MR) is 91.3 cm³/mol. The standard InChI is InChI=1S/C19H19F4NO4/c1-2-27-19-16(22)14(20)11(15(21)17(19)23)6-8-5-10-9(13(7-24)28-8)3-4-12(25)18(10)26/h3-4,8,13,25-26H,2,5-7,24H2,1H3. The Hall–Kier alpha value is -2.52. The van der Waals surface area contributed by atoms with E-state index in [4.69, 9.17) is 10.5 Å². The van der Waals surface area contributed by atoms with Gasteiger partial charge in [0.1, 0.15) is 0 Å². The number of fused-ring (bicyclic) bond motifs is 1. The summed E-state index contributed by atoms with van der Waals surface area (Å²) in [5.41, 5.74) is 5.67. The summed E-state index contributed by atoms with van der Waals surface area (Å²) < 4.78 is 67.3. The van der Waals surface area contributed by atoms with E-state index in [0.717, 1.165) is 0 Å². The maximum absolute atomic E-state index is 14.4. The normalized spacial score (nSPS) is 18.8. The smallest absolute Gasteiger partial charge is 0.204 e. The molecule has 0 fully saturated rings. The maximum atomic E-state index is 14.4. The highest BCUT2D eigenvalue weighted by molar-refractivity contribution is 5.51. The summed E-state index contributed by atoms with van der Waals surface area (Å²) >= 11 is 0. The number of aromatic hydroxyl groups is 2. The first-order chi connectivity index (χ1) is 13.3. The van der Waals surface area contributed by atoms with Crippen LogP contribution in [-0.2, 0) is 17.6 Å². The van der Waals surface area contributed by atoms with Crippen molar-refractivity contribution in [1.82, 2.24) is 0 Å². The van der Waals surface area contributed by atoms with Crippen molar-refractivity contribution in [3.05, 3.63) is 52.1 Å². The summed E-state index contributed by atoms with van der Waals surface area (Å²) in [5.74, 6) is -8.26. The zero-order valence-electron chi connectivity index (χ0n) is 14.9. The van der Waals surface area contributed by atoms with E-state index >= 15 is 0 Å². The first-order valence-corrected chi connectivity index (χ1v) is 8.66. The Balaban J connectivity index is 1.98. The van der Waals surface area contributed by atoms with Gasteiger partial charge in [-0.15, -0.1) is 0 Å². The Bertz CT molecular complexity index is 877. The second-order valence-electron chi connectivity index (χ2n) is 6.39. The highest BCUT2D eigenvalue weighted by Crippen LogP contribution is 2.41. The summed E-state index contributed by atoms with van der Waals surface area (Å²) in [7, 11) is 0. The first-order valence-electron chi connectivity index (χ1n) is 8.66. The summed E-state index contributed by atoms with van der Waals surface area (Å²) in [5, 5.41) is 19.8. The van der Waals surface area contributed by atoms with Crippen LogP contribution in [0.3, 0.4) is 0 Å². The maximum Gasteiger partial charge on any atom is 0.204 e. The van der Waals surface area contributed by atoms with E-state index in [1.165, 1.54) is 19.1 Å². The number of nitrogens with two attached hydrogens (primary N) is 1. The predicted octanol–water partition coefficient (Wildman–Crippen LogP) is 3.24. The fourth-order valence-electron chi connectivity index (χ4n) is 3.37. The van der Waals surface area contributed by atoms with E-state index in [2.05, 4.69) is 4.74 Å². The molecule has 1 aliphatic heterocycles. The Labute approximate surface area is 158 Å². The zero-order valence-corrected chi connectivity index (χ0v) is 14.9. The zero-order chi connectivity index (χ0) is 20.6. The first kappa shape index (κ1) is 20.2. The van der Waals surface area contributed by atoms with E-state index in [9.17, 15) is 27.8 Å². The number of halogens is 4. The van der Waals surface area contributed by atoms with Crippen LogP contribution in [0.1, 0.15) is 29.7 Å². The molecule has 2 atom stereocenters. The molecular formula is C19H19F4NO4. The number of phenols is 2. The number of hydrogen-bond acceptors (Lipinski definition) is 5. The van der Waals surface area contributed by atoms with Gasteiger partial charge in [0.15, 0.2) is 28.9 Å². The molecule has 0 bridgehead atoms. The lowest BCUT2D eigenvalue weighted by molar-refractivity contribution is -0.0216. The average molecular weight is 401 g/mol. The molecule has 4 N–H and O–H groups in total. The van der Waals surface area contributed by atoms with Gasteiger partial charge < -0.3 is 25.4 Å². The Kier molecular flexibility index (Phi) is 5.66. The third-order valence-corrected chi connectivity index (χ3v) is 4.68. The molecule has 5 nitrogen and oxygen atoms in total. The highest BCUT2D eigenvalue weighted by Gasteiger charge is 2.33. The molecule has 9 heteroatoms. The number of rotatable bonds is 5. The van der Waals surface area contributed by atoms with Gasteiger partial charge in [-0.1, -0.05) is 6.07 Å². The van der Waals surface area contributed by atoms with Crippen LogP contribution < -0.4 is 10.5 Å². The number of benzene rings is 2. The fraction of sp³-hybridized carbons (Fsp3) is 0.368. The second-order valence-corrected chi connectivity index (χ2v) is 6.39. The van der Waals surface area contributed by atoms with Gasteiger partial charge in [0.25, 0.3) is 0 Å². The van der Waals surface area contributed by atoms with Crippen molar-refractivity contribution in [3.63, 3.8) is 0 Å². The minimum Gasteiger partial charge on any atom is -0.504 e. The van der Waals surface area contributed by atoms with Crippen LogP contribution in [0.25, 0.3) is 0 Å². The molecule has 0 amide bonds. The fourth-order valence-corrected chi connectivity index (χ4v) is 3.37. The van der Waals surface area contributed by atoms with Crippen molar-refractivity contribution in [2.45, 2.75) is 32.0 Å². The molecule has 0 radical (unpaired) electrons. The van der Waals surface area contributed by atoms with Gasteiger partial charge in [-0.25, -0.2) is 8.78 Å². The topological polar surface area (TPSA) is 84.9 Å². The van der Waals surface area contributed by atoms with E-state index in [-0.39, 0.29) is 25.3 Å². The van der Waals surface area contributed by atoms with Crippen molar-refractivity contribution in [2.75, 3.05) is 13.2 Å². The van der Waals surface area contributed by atoms with Gasteiger partial charge in [-0.2, -0.15) is 8.78 Å². The molecule has 1 aliphatic rings. The van der Waals surface area contributed by atoms with Crippen molar-refractivity contribution in [1.29, 1.82) is 0 Å². The van der Waals surface area contributed by atoms with Crippen LogP contribution in [0.15, 0.2) is 12.1 Å². The van der Waals surface area contributed by atoms with E-state index < -0.39 is 59.0 Å². The SMILES string of the molecule is CCOc1c(F)c(F)c(CC2Cc3c(ccc(O)c3O)C(CN)O2)c(F)c1F. The molecule has 2 unspecified atom stereocenters. The van der Waals surface area contributed by atoms with Crippen LogP contribution in [-0.4, -0.2) is 29.5 Å². The summed E-state index contributed by atoms with van der Waals surface area (Å²) in [4.78, 5) is 0. The minimum atomic E-state index is -1.62. The molecule has 2 aromatic carbocycles. The number of ether oxygens (including phenoxy) is 2. The highest BCUT2D eigenvalue weighted by atomic mass is 19.2. The van der Waals surface area contributed by atoms with Crippen LogP contribution in [0.2, 0.25) is 0 Å². The summed E-state index contributed by atoms with van der Waals surface area (Å²) in [6, 6.07) is 2.80. The minimum absolute atomic E-state index is 0.00925. The molecule has 0 aromatic heterocycles. The molecule has 0 saturated heterocycles. The summed E-state index contributed by atoms with van der Waals surface area (Å²) in [6.07, 6.45) is -2.21. The van der Waals surface area contributed by atoms with Crippen LogP contribution in [0, 0.1) is 23.3 Å². The van der Waals surface area contributed by atoms with Crippen LogP contribution >= 0.6 is 0 Å². The number of phenolic OH excluding ortho intramolecular Hbond substituents is 2. The Morgan fingerprint density at radius 3 is 2.32 bits per heavy atom. The molecule has 0 saturated carbocycles. The molecule has 152 valence electrons. The lowest BCUT2D eigenvalue weighted by Gasteiger charge is -2.32. The molecule has 28 heavy (non-hydrogen) atoms. The van der Waals surface area contributed by atoms with E-state index in [1.807, 2.05) is 0 Å². The Morgan fingerprint density at radius 2 is 1.75 bits per heavy atom.